The summed E-state index contributed by atoms with van der Waals surface area (Å²) < 4.78 is 4.89. The summed E-state index contributed by atoms with van der Waals surface area (Å²) in [6, 6.07) is 8.81. The second kappa shape index (κ2) is 8.31. The van der Waals surface area contributed by atoms with Crippen LogP contribution in [0.2, 0.25) is 0 Å². The highest BCUT2D eigenvalue weighted by atomic mass is 16.5. The Morgan fingerprint density at radius 2 is 2.05 bits per heavy atom. The lowest BCUT2D eigenvalue weighted by Crippen LogP contribution is -2.34. The van der Waals surface area contributed by atoms with Gasteiger partial charge < -0.3 is 9.84 Å². The molecule has 5 heteroatoms. The van der Waals surface area contributed by atoms with E-state index in [9.17, 15) is 9.90 Å². The molecule has 1 rings (SSSR count). The van der Waals surface area contributed by atoms with Crippen molar-refractivity contribution in [3.8, 4) is 6.07 Å². The third-order valence-corrected chi connectivity index (χ3v) is 2.96. The number of rotatable bonds is 7. The van der Waals surface area contributed by atoms with E-state index in [0.29, 0.717) is 25.3 Å². The van der Waals surface area contributed by atoms with E-state index in [-0.39, 0.29) is 12.5 Å². The summed E-state index contributed by atoms with van der Waals surface area (Å²) in [5, 5.41) is 18.9. The Bertz CT molecular complexity index is 465. The van der Waals surface area contributed by atoms with Gasteiger partial charge in [-0.25, -0.2) is 0 Å². The number of esters is 1. The predicted octanol–water partition coefficient (Wildman–Crippen LogP) is 1.48. The van der Waals surface area contributed by atoms with Crippen molar-refractivity contribution in [1.29, 1.82) is 5.26 Å². The first-order valence-corrected chi connectivity index (χ1v) is 6.66. The third kappa shape index (κ3) is 5.00. The lowest BCUT2D eigenvalue weighted by Gasteiger charge is -2.22. The summed E-state index contributed by atoms with van der Waals surface area (Å²) >= 11 is 0. The van der Waals surface area contributed by atoms with Gasteiger partial charge in [0.25, 0.3) is 0 Å². The molecule has 1 unspecified atom stereocenters. The van der Waals surface area contributed by atoms with Crippen molar-refractivity contribution in [2.75, 3.05) is 26.2 Å². The molecular weight excluding hydrogens is 256 g/mol. The smallest absolute Gasteiger partial charge is 0.320 e. The van der Waals surface area contributed by atoms with E-state index in [4.69, 9.17) is 10.00 Å². The lowest BCUT2D eigenvalue weighted by atomic mass is 10.1. The minimum absolute atomic E-state index is 0.164. The monoisotopic (exact) mass is 276 g/mol. The Labute approximate surface area is 119 Å². The summed E-state index contributed by atoms with van der Waals surface area (Å²) in [4.78, 5) is 13.3. The van der Waals surface area contributed by atoms with E-state index in [2.05, 4.69) is 0 Å². The second-order valence-corrected chi connectivity index (χ2v) is 4.38. The van der Waals surface area contributed by atoms with E-state index in [1.807, 2.05) is 17.9 Å². The van der Waals surface area contributed by atoms with E-state index in [1.165, 1.54) is 0 Å². The number of carbonyl (C=O) groups excluding carboxylic acids is 1. The van der Waals surface area contributed by atoms with E-state index < -0.39 is 6.10 Å². The van der Waals surface area contributed by atoms with Crippen LogP contribution >= 0.6 is 0 Å². The highest BCUT2D eigenvalue weighted by Crippen LogP contribution is 2.15. The molecule has 5 nitrogen and oxygen atoms in total. The van der Waals surface area contributed by atoms with Crippen LogP contribution < -0.4 is 0 Å². The SMILES string of the molecule is CCOC(=O)CN(CC)CC(O)c1ccc(C#N)cc1. The Kier molecular flexibility index (Phi) is 6.71. The van der Waals surface area contributed by atoms with Crippen LogP contribution in [0.1, 0.15) is 31.1 Å². The van der Waals surface area contributed by atoms with Gasteiger partial charge in [-0.2, -0.15) is 5.26 Å². The number of hydrogen-bond acceptors (Lipinski definition) is 5. The Morgan fingerprint density at radius 3 is 2.55 bits per heavy atom. The average molecular weight is 276 g/mol. The number of hydrogen-bond donors (Lipinski definition) is 1. The van der Waals surface area contributed by atoms with Crippen LogP contribution in [0.25, 0.3) is 0 Å². The van der Waals surface area contributed by atoms with Crippen LogP contribution in [-0.4, -0.2) is 42.2 Å². The van der Waals surface area contributed by atoms with Crippen LogP contribution in [0, 0.1) is 11.3 Å². The molecule has 108 valence electrons. The van der Waals surface area contributed by atoms with Crippen molar-refractivity contribution in [3.63, 3.8) is 0 Å². The summed E-state index contributed by atoms with van der Waals surface area (Å²) in [5.41, 5.74) is 1.28. The van der Waals surface area contributed by atoms with Crippen molar-refractivity contribution in [3.05, 3.63) is 35.4 Å². The van der Waals surface area contributed by atoms with Gasteiger partial charge >= 0.3 is 5.97 Å². The van der Waals surface area contributed by atoms with Gasteiger partial charge in [-0.05, 0) is 31.2 Å². The molecule has 0 fully saturated rings. The quantitative estimate of drug-likeness (QED) is 0.764. The van der Waals surface area contributed by atoms with E-state index in [1.54, 1.807) is 31.2 Å². The number of nitriles is 1. The zero-order valence-electron chi connectivity index (χ0n) is 11.9. The van der Waals surface area contributed by atoms with Crippen molar-refractivity contribution >= 4 is 5.97 Å². The molecule has 0 amide bonds. The van der Waals surface area contributed by atoms with Gasteiger partial charge in [-0.15, -0.1) is 0 Å². The summed E-state index contributed by atoms with van der Waals surface area (Å²) in [5.74, 6) is -0.290. The maximum Gasteiger partial charge on any atom is 0.320 e. The fourth-order valence-corrected chi connectivity index (χ4v) is 1.82. The second-order valence-electron chi connectivity index (χ2n) is 4.38. The van der Waals surface area contributed by atoms with Gasteiger partial charge in [0.15, 0.2) is 0 Å². The Morgan fingerprint density at radius 1 is 1.40 bits per heavy atom. The number of aliphatic hydroxyl groups excluding tert-OH is 1. The van der Waals surface area contributed by atoms with E-state index in [0.717, 1.165) is 5.56 Å². The van der Waals surface area contributed by atoms with Gasteiger partial charge in [0.2, 0.25) is 0 Å². The van der Waals surface area contributed by atoms with Crippen LogP contribution in [0.15, 0.2) is 24.3 Å². The molecule has 0 aliphatic carbocycles. The zero-order chi connectivity index (χ0) is 15.0. The average Bonchev–Trinajstić information content (AvgIpc) is 2.46. The number of carbonyl (C=O) groups is 1. The minimum Gasteiger partial charge on any atom is -0.465 e. The normalized spacial score (nSPS) is 11.9. The molecule has 20 heavy (non-hydrogen) atoms. The Balaban J connectivity index is 2.59. The maximum absolute atomic E-state index is 11.4. The number of benzene rings is 1. The molecule has 0 aromatic heterocycles. The number of aliphatic hydroxyl groups is 1. The van der Waals surface area contributed by atoms with Gasteiger partial charge in [-0.1, -0.05) is 19.1 Å². The Hall–Kier alpha value is -1.90. The van der Waals surface area contributed by atoms with Gasteiger partial charge in [-0.3, -0.25) is 9.69 Å². The van der Waals surface area contributed by atoms with Crippen molar-refractivity contribution in [2.24, 2.45) is 0 Å². The van der Waals surface area contributed by atoms with Crippen LogP contribution in [0.5, 0.6) is 0 Å². The minimum atomic E-state index is -0.697. The van der Waals surface area contributed by atoms with Crippen molar-refractivity contribution < 1.29 is 14.6 Å². The van der Waals surface area contributed by atoms with Gasteiger partial charge in [0.1, 0.15) is 0 Å². The number of nitrogens with zero attached hydrogens (tertiary/aromatic N) is 2. The van der Waals surface area contributed by atoms with Crippen molar-refractivity contribution in [1.82, 2.24) is 4.90 Å². The molecule has 1 atom stereocenters. The zero-order valence-corrected chi connectivity index (χ0v) is 11.9. The van der Waals surface area contributed by atoms with Crippen LogP contribution in [-0.2, 0) is 9.53 Å². The first kappa shape index (κ1) is 16.2. The molecule has 0 spiro atoms. The highest BCUT2D eigenvalue weighted by Gasteiger charge is 2.15. The molecule has 0 heterocycles. The molecule has 1 aromatic rings. The molecule has 0 aliphatic heterocycles. The summed E-state index contributed by atoms with van der Waals surface area (Å²) in [6.07, 6.45) is -0.697. The van der Waals surface area contributed by atoms with E-state index >= 15 is 0 Å². The molecular formula is C15H20N2O3. The molecule has 0 bridgehead atoms. The number of ether oxygens (including phenoxy) is 1. The summed E-state index contributed by atoms with van der Waals surface area (Å²) in [6.45, 7) is 5.20. The van der Waals surface area contributed by atoms with Crippen LogP contribution in [0.4, 0.5) is 0 Å². The highest BCUT2D eigenvalue weighted by molar-refractivity contribution is 5.71. The largest absolute Gasteiger partial charge is 0.465 e. The molecule has 0 saturated carbocycles. The fraction of sp³-hybridized carbons (Fsp3) is 0.467. The molecule has 0 saturated heterocycles. The van der Waals surface area contributed by atoms with Crippen LogP contribution in [0.3, 0.4) is 0 Å². The first-order valence-electron chi connectivity index (χ1n) is 6.66. The van der Waals surface area contributed by atoms with Crippen molar-refractivity contribution in [2.45, 2.75) is 20.0 Å². The summed E-state index contributed by atoms with van der Waals surface area (Å²) in [7, 11) is 0. The molecule has 0 radical (unpaired) electrons. The fourth-order valence-electron chi connectivity index (χ4n) is 1.82. The third-order valence-electron chi connectivity index (χ3n) is 2.96. The maximum atomic E-state index is 11.4. The topological polar surface area (TPSA) is 73.6 Å². The predicted molar refractivity (Wildman–Crippen MR) is 74.9 cm³/mol. The lowest BCUT2D eigenvalue weighted by molar-refractivity contribution is -0.144. The number of likely N-dealkylation sites (N-methyl/N-ethyl adjacent to an activating group) is 1. The molecule has 1 N–H and O–H groups in total. The first-order chi connectivity index (χ1) is 9.60. The standard InChI is InChI=1S/C15H20N2O3/c1-3-17(11-15(19)20-4-2)10-14(18)13-7-5-12(9-16)6-8-13/h5-8,14,18H,3-4,10-11H2,1-2H3. The molecule has 1 aromatic carbocycles. The van der Waals surface area contributed by atoms with Gasteiger partial charge in [0.05, 0.1) is 30.9 Å². The molecule has 0 aliphatic rings. The van der Waals surface area contributed by atoms with Gasteiger partial charge in [0, 0.05) is 6.54 Å².